The van der Waals surface area contributed by atoms with E-state index in [0.717, 1.165) is 27.0 Å². The molecule has 3 aromatic rings. The highest BCUT2D eigenvalue weighted by atomic mass is 79.9. The van der Waals surface area contributed by atoms with Crippen LogP contribution in [0.3, 0.4) is 0 Å². The van der Waals surface area contributed by atoms with E-state index in [1.807, 2.05) is 65.6 Å². The number of nitrogens with zero attached hydrogens (tertiary/aromatic N) is 1. The Bertz CT molecular complexity index is 1030. The number of amides is 2. The summed E-state index contributed by atoms with van der Waals surface area (Å²) in [7, 11) is 0. The van der Waals surface area contributed by atoms with Crippen LogP contribution in [0.4, 0.5) is 11.4 Å². The number of hydrogen-bond acceptors (Lipinski definition) is 2. The molecule has 0 aliphatic carbocycles. The monoisotopic (exact) mass is 434 g/mol. The van der Waals surface area contributed by atoms with E-state index in [9.17, 15) is 9.59 Å². The lowest BCUT2D eigenvalue weighted by atomic mass is 9.99. The van der Waals surface area contributed by atoms with Crippen LogP contribution in [0.2, 0.25) is 0 Å². The predicted octanol–water partition coefficient (Wildman–Crippen LogP) is 5.18. The van der Waals surface area contributed by atoms with Gasteiger partial charge in [0.15, 0.2) is 0 Å². The van der Waals surface area contributed by atoms with Gasteiger partial charge in [0.05, 0.1) is 6.54 Å². The summed E-state index contributed by atoms with van der Waals surface area (Å²) in [5.74, 6) is -0.0310. The number of rotatable bonds is 4. The highest BCUT2D eigenvalue weighted by Gasteiger charge is 2.24. The second-order valence-corrected chi connectivity index (χ2v) is 7.69. The summed E-state index contributed by atoms with van der Waals surface area (Å²) in [5, 5.41) is 2.95. The fraction of sp³-hybridized carbons (Fsp3) is 0.130. The van der Waals surface area contributed by atoms with Gasteiger partial charge in [0.1, 0.15) is 0 Å². The second-order valence-electron chi connectivity index (χ2n) is 6.77. The number of halogens is 1. The minimum absolute atomic E-state index is 0.127. The average Bonchev–Trinajstić information content (AvgIpc) is 2.71. The molecule has 0 saturated heterocycles. The molecule has 1 aliphatic heterocycles. The molecular weight excluding hydrogens is 416 g/mol. The van der Waals surface area contributed by atoms with Crippen LogP contribution in [0.5, 0.6) is 0 Å². The third-order valence-corrected chi connectivity index (χ3v) is 5.30. The predicted molar refractivity (Wildman–Crippen MR) is 114 cm³/mol. The Morgan fingerprint density at radius 1 is 0.964 bits per heavy atom. The first-order valence-corrected chi connectivity index (χ1v) is 9.93. The number of hydrogen-bond donors (Lipinski definition) is 1. The standard InChI is InChI=1S/C23H19BrN2O2/c24-19-8-4-7-18(13-19)23(28)25-20-10-11-21-17(14-20)9-12-22(27)26(21)15-16-5-2-1-3-6-16/h1-8,10-11,13-14H,9,12,15H2,(H,25,28). The zero-order valence-corrected chi connectivity index (χ0v) is 16.8. The molecule has 2 amide bonds. The molecule has 1 aliphatic rings. The molecule has 4 nitrogen and oxygen atoms in total. The van der Waals surface area contributed by atoms with Crippen molar-refractivity contribution in [3.05, 3.63) is 94.0 Å². The molecule has 5 heteroatoms. The van der Waals surface area contributed by atoms with Crippen LogP contribution in [0.1, 0.15) is 27.9 Å². The Labute approximate surface area is 172 Å². The number of carbonyl (C=O) groups is 2. The minimum Gasteiger partial charge on any atom is -0.322 e. The van der Waals surface area contributed by atoms with Crippen molar-refractivity contribution in [2.75, 3.05) is 10.2 Å². The van der Waals surface area contributed by atoms with Crippen molar-refractivity contribution in [3.8, 4) is 0 Å². The molecule has 140 valence electrons. The molecule has 0 fully saturated rings. The summed E-state index contributed by atoms with van der Waals surface area (Å²) in [6, 6.07) is 23.0. The molecule has 1 N–H and O–H groups in total. The maximum atomic E-state index is 12.5. The van der Waals surface area contributed by atoms with Gasteiger partial charge < -0.3 is 10.2 Å². The van der Waals surface area contributed by atoms with Gasteiger partial charge in [-0.1, -0.05) is 52.3 Å². The van der Waals surface area contributed by atoms with Crippen molar-refractivity contribution in [1.82, 2.24) is 0 Å². The smallest absolute Gasteiger partial charge is 0.255 e. The van der Waals surface area contributed by atoms with E-state index in [1.165, 1.54) is 0 Å². The summed E-state index contributed by atoms with van der Waals surface area (Å²) in [6.45, 7) is 0.552. The first-order chi connectivity index (χ1) is 13.6. The lowest BCUT2D eigenvalue weighted by molar-refractivity contribution is -0.119. The molecule has 0 saturated carbocycles. The topological polar surface area (TPSA) is 49.4 Å². The highest BCUT2D eigenvalue weighted by molar-refractivity contribution is 9.10. The van der Waals surface area contributed by atoms with Gasteiger partial charge >= 0.3 is 0 Å². The zero-order valence-electron chi connectivity index (χ0n) is 15.2. The van der Waals surface area contributed by atoms with Gasteiger partial charge in [-0.15, -0.1) is 0 Å². The average molecular weight is 435 g/mol. The lowest BCUT2D eigenvalue weighted by Crippen LogP contribution is -2.34. The Morgan fingerprint density at radius 2 is 1.79 bits per heavy atom. The van der Waals surface area contributed by atoms with Crippen LogP contribution < -0.4 is 10.2 Å². The van der Waals surface area contributed by atoms with E-state index >= 15 is 0 Å². The fourth-order valence-electron chi connectivity index (χ4n) is 3.41. The van der Waals surface area contributed by atoms with Crippen LogP contribution in [0, 0.1) is 0 Å². The van der Waals surface area contributed by atoms with Gasteiger partial charge in [0.25, 0.3) is 5.91 Å². The lowest BCUT2D eigenvalue weighted by Gasteiger charge is -2.30. The van der Waals surface area contributed by atoms with Crippen molar-refractivity contribution < 1.29 is 9.59 Å². The minimum atomic E-state index is -0.158. The fourth-order valence-corrected chi connectivity index (χ4v) is 3.81. The van der Waals surface area contributed by atoms with Gasteiger partial charge in [-0.05, 0) is 53.9 Å². The van der Waals surface area contributed by atoms with Crippen LogP contribution >= 0.6 is 15.9 Å². The van der Waals surface area contributed by atoms with Crippen LogP contribution in [0.15, 0.2) is 77.3 Å². The summed E-state index contributed by atoms with van der Waals surface area (Å²) < 4.78 is 0.862. The summed E-state index contributed by atoms with van der Waals surface area (Å²) in [6.07, 6.45) is 1.16. The Kier molecular flexibility index (Phi) is 5.26. The summed E-state index contributed by atoms with van der Waals surface area (Å²) >= 11 is 3.39. The van der Waals surface area contributed by atoms with E-state index in [4.69, 9.17) is 0 Å². The van der Waals surface area contributed by atoms with E-state index in [0.29, 0.717) is 24.9 Å². The molecule has 1 heterocycles. The maximum absolute atomic E-state index is 12.5. The van der Waals surface area contributed by atoms with Crippen LogP contribution in [0.25, 0.3) is 0 Å². The molecule has 0 aromatic heterocycles. The summed E-state index contributed by atoms with van der Waals surface area (Å²) in [5.41, 5.74) is 4.41. The van der Waals surface area contributed by atoms with Crippen molar-refractivity contribution in [3.63, 3.8) is 0 Å². The van der Waals surface area contributed by atoms with Gasteiger partial charge in [-0.2, -0.15) is 0 Å². The Morgan fingerprint density at radius 3 is 2.57 bits per heavy atom. The van der Waals surface area contributed by atoms with E-state index in [1.54, 1.807) is 12.1 Å². The Balaban J connectivity index is 1.56. The number of aryl methyl sites for hydroxylation is 1. The first kappa shape index (κ1) is 18.4. The Hall–Kier alpha value is -2.92. The van der Waals surface area contributed by atoms with E-state index in [2.05, 4.69) is 21.2 Å². The van der Waals surface area contributed by atoms with Crippen LogP contribution in [-0.2, 0) is 17.8 Å². The highest BCUT2D eigenvalue weighted by Crippen LogP contribution is 2.31. The molecular formula is C23H19BrN2O2. The van der Waals surface area contributed by atoms with Crippen molar-refractivity contribution in [1.29, 1.82) is 0 Å². The number of carbonyl (C=O) groups excluding carboxylic acids is 2. The molecule has 0 spiro atoms. The second kappa shape index (κ2) is 7.98. The molecule has 28 heavy (non-hydrogen) atoms. The van der Waals surface area contributed by atoms with Gasteiger partial charge in [0.2, 0.25) is 5.91 Å². The number of fused-ring (bicyclic) bond motifs is 1. The number of nitrogens with one attached hydrogen (secondary N) is 1. The molecule has 0 atom stereocenters. The quantitative estimate of drug-likeness (QED) is 0.614. The van der Waals surface area contributed by atoms with Crippen molar-refractivity contribution >= 4 is 39.1 Å². The van der Waals surface area contributed by atoms with E-state index in [-0.39, 0.29) is 11.8 Å². The zero-order chi connectivity index (χ0) is 19.5. The van der Waals surface area contributed by atoms with Crippen molar-refractivity contribution in [2.45, 2.75) is 19.4 Å². The largest absolute Gasteiger partial charge is 0.322 e. The van der Waals surface area contributed by atoms with Gasteiger partial charge in [0, 0.05) is 27.8 Å². The summed E-state index contributed by atoms with van der Waals surface area (Å²) in [4.78, 5) is 26.8. The SMILES string of the molecule is O=C(Nc1ccc2c(c1)CCC(=O)N2Cc1ccccc1)c1cccc(Br)c1. The number of anilines is 2. The van der Waals surface area contributed by atoms with Gasteiger partial charge in [-0.3, -0.25) is 9.59 Å². The molecule has 0 radical (unpaired) electrons. The molecule has 0 bridgehead atoms. The molecule has 0 unspecified atom stereocenters. The third-order valence-electron chi connectivity index (χ3n) is 4.81. The molecule has 3 aromatic carbocycles. The molecule has 4 rings (SSSR count). The normalized spacial score (nSPS) is 13.2. The first-order valence-electron chi connectivity index (χ1n) is 9.14. The van der Waals surface area contributed by atoms with Crippen LogP contribution in [-0.4, -0.2) is 11.8 Å². The third kappa shape index (κ3) is 3.99. The van der Waals surface area contributed by atoms with E-state index < -0.39 is 0 Å². The van der Waals surface area contributed by atoms with Gasteiger partial charge in [-0.25, -0.2) is 0 Å². The van der Waals surface area contributed by atoms with Crippen molar-refractivity contribution in [2.24, 2.45) is 0 Å². The number of benzene rings is 3. The maximum Gasteiger partial charge on any atom is 0.255 e.